The Morgan fingerprint density at radius 1 is 1.39 bits per heavy atom. The molecular formula is C24H37N5O4. The van der Waals surface area contributed by atoms with Crippen molar-refractivity contribution in [2.75, 3.05) is 33.9 Å². The van der Waals surface area contributed by atoms with E-state index in [9.17, 15) is 9.90 Å². The van der Waals surface area contributed by atoms with Crippen LogP contribution in [0.5, 0.6) is 5.75 Å². The Balaban J connectivity index is 1.77. The van der Waals surface area contributed by atoms with E-state index >= 15 is 0 Å². The summed E-state index contributed by atoms with van der Waals surface area (Å²) in [7, 11) is 3.74. The molecule has 2 heterocycles. The van der Waals surface area contributed by atoms with Gasteiger partial charge >= 0.3 is 0 Å². The fraction of sp³-hybridized carbons (Fsp3) is 0.625. The number of rotatable bonds is 7. The molecule has 0 fully saturated rings. The summed E-state index contributed by atoms with van der Waals surface area (Å²) in [6.07, 6.45) is 2.70. The highest BCUT2D eigenvalue weighted by Crippen LogP contribution is 2.19. The predicted molar refractivity (Wildman–Crippen MR) is 125 cm³/mol. The van der Waals surface area contributed by atoms with Crippen LogP contribution in [0, 0.1) is 5.92 Å². The number of aromatic nitrogens is 3. The third-order valence-corrected chi connectivity index (χ3v) is 6.22. The Morgan fingerprint density at radius 2 is 2.21 bits per heavy atom. The Hall–Kier alpha value is -2.49. The number of ether oxygens (including phenoxy) is 2. The molecule has 0 unspecified atom stereocenters. The van der Waals surface area contributed by atoms with E-state index in [-0.39, 0.29) is 30.6 Å². The summed E-state index contributed by atoms with van der Waals surface area (Å²) >= 11 is 0. The molecule has 0 radical (unpaired) electrons. The van der Waals surface area contributed by atoms with E-state index in [1.165, 1.54) is 0 Å². The molecule has 0 bridgehead atoms. The molecule has 2 aromatic rings. The van der Waals surface area contributed by atoms with Crippen molar-refractivity contribution in [3.8, 4) is 5.75 Å². The molecule has 3 atom stereocenters. The van der Waals surface area contributed by atoms with Crippen LogP contribution in [0.1, 0.15) is 37.9 Å². The summed E-state index contributed by atoms with van der Waals surface area (Å²) in [6.45, 7) is 6.93. The molecule has 9 heteroatoms. The summed E-state index contributed by atoms with van der Waals surface area (Å²) in [4.78, 5) is 17.0. The van der Waals surface area contributed by atoms with E-state index in [4.69, 9.17) is 9.47 Å². The quantitative estimate of drug-likeness (QED) is 0.676. The number of aliphatic hydroxyl groups is 1. The van der Waals surface area contributed by atoms with Gasteiger partial charge < -0.3 is 19.5 Å². The van der Waals surface area contributed by atoms with E-state index in [1.807, 2.05) is 29.8 Å². The van der Waals surface area contributed by atoms with Gasteiger partial charge in [-0.15, -0.1) is 5.10 Å². The Bertz CT molecular complexity index is 889. The van der Waals surface area contributed by atoms with Crippen LogP contribution in [-0.2, 0) is 29.2 Å². The van der Waals surface area contributed by atoms with Gasteiger partial charge in [0.25, 0.3) is 0 Å². The average molecular weight is 460 g/mol. The SMILES string of the molecule is COc1cccc(CN(C)C[C@@H]2OCc3cnnn3CCCC(=O)N([C@@H](C)CO)C[C@H]2C)c1. The second kappa shape index (κ2) is 12.1. The van der Waals surface area contributed by atoms with Crippen LogP contribution in [0.4, 0.5) is 0 Å². The zero-order chi connectivity index (χ0) is 23.8. The van der Waals surface area contributed by atoms with E-state index < -0.39 is 0 Å². The number of amides is 1. The number of nitrogens with zero attached hydrogens (tertiary/aromatic N) is 5. The molecule has 0 aliphatic carbocycles. The maximum atomic E-state index is 13.0. The first-order valence-electron chi connectivity index (χ1n) is 11.6. The van der Waals surface area contributed by atoms with Crippen LogP contribution in [0.2, 0.25) is 0 Å². The normalized spacial score (nSPS) is 21.3. The molecule has 0 spiro atoms. The van der Waals surface area contributed by atoms with Crippen molar-refractivity contribution in [3.63, 3.8) is 0 Å². The Labute approximate surface area is 196 Å². The molecule has 0 saturated carbocycles. The topological polar surface area (TPSA) is 93.0 Å². The summed E-state index contributed by atoms with van der Waals surface area (Å²) in [5.74, 6) is 0.957. The lowest BCUT2D eigenvalue weighted by Crippen LogP contribution is -2.47. The molecule has 1 aromatic carbocycles. The molecule has 1 aliphatic rings. The molecule has 1 aromatic heterocycles. The number of fused-ring (bicyclic) bond motifs is 1. The summed E-state index contributed by atoms with van der Waals surface area (Å²) < 4.78 is 13.6. The minimum atomic E-state index is -0.236. The molecule has 9 nitrogen and oxygen atoms in total. The Morgan fingerprint density at radius 3 is 2.97 bits per heavy atom. The number of carbonyl (C=O) groups is 1. The third kappa shape index (κ3) is 6.99. The fourth-order valence-electron chi connectivity index (χ4n) is 4.20. The van der Waals surface area contributed by atoms with Gasteiger partial charge in [0.05, 0.1) is 44.4 Å². The van der Waals surface area contributed by atoms with Crippen molar-refractivity contribution in [2.45, 2.75) is 58.5 Å². The highest BCUT2D eigenvalue weighted by atomic mass is 16.5. The maximum absolute atomic E-state index is 13.0. The first-order valence-corrected chi connectivity index (χ1v) is 11.6. The van der Waals surface area contributed by atoms with Gasteiger partial charge in [0.15, 0.2) is 0 Å². The van der Waals surface area contributed by atoms with Crippen LogP contribution in [0.25, 0.3) is 0 Å². The van der Waals surface area contributed by atoms with Gasteiger partial charge in [-0.05, 0) is 38.1 Å². The van der Waals surface area contributed by atoms with Crippen LogP contribution in [-0.4, -0.2) is 81.8 Å². The van der Waals surface area contributed by atoms with Crippen LogP contribution in [0.15, 0.2) is 30.5 Å². The summed E-state index contributed by atoms with van der Waals surface area (Å²) in [5, 5.41) is 17.9. The van der Waals surface area contributed by atoms with Gasteiger partial charge in [0, 0.05) is 38.5 Å². The Kier molecular flexibility index (Phi) is 9.22. The van der Waals surface area contributed by atoms with Crippen molar-refractivity contribution >= 4 is 5.91 Å². The molecule has 1 amide bonds. The van der Waals surface area contributed by atoms with E-state index in [0.717, 1.165) is 23.6 Å². The lowest BCUT2D eigenvalue weighted by molar-refractivity contribution is -0.136. The van der Waals surface area contributed by atoms with Crippen molar-refractivity contribution in [1.29, 1.82) is 0 Å². The van der Waals surface area contributed by atoms with E-state index in [0.29, 0.717) is 39.1 Å². The summed E-state index contributed by atoms with van der Waals surface area (Å²) in [6, 6.07) is 7.81. The number of hydrogen-bond donors (Lipinski definition) is 1. The number of methoxy groups -OCH3 is 1. The lowest BCUT2D eigenvalue weighted by atomic mass is 10.0. The minimum absolute atomic E-state index is 0.0501. The molecule has 0 saturated heterocycles. The largest absolute Gasteiger partial charge is 0.497 e. The molecule has 1 N–H and O–H groups in total. The molecule has 1 aliphatic heterocycles. The number of aliphatic hydroxyl groups excluding tert-OH is 1. The van der Waals surface area contributed by atoms with Crippen molar-refractivity contribution in [2.24, 2.45) is 5.92 Å². The molecule has 182 valence electrons. The second-order valence-electron chi connectivity index (χ2n) is 9.00. The van der Waals surface area contributed by atoms with Gasteiger partial charge in [-0.2, -0.15) is 0 Å². The number of benzene rings is 1. The second-order valence-corrected chi connectivity index (χ2v) is 9.00. The number of carbonyl (C=O) groups excluding carboxylic acids is 1. The monoisotopic (exact) mass is 459 g/mol. The first kappa shape index (κ1) is 25.1. The lowest BCUT2D eigenvalue weighted by Gasteiger charge is -2.35. The zero-order valence-electron chi connectivity index (χ0n) is 20.2. The number of likely N-dealkylation sites (N-methyl/N-ethyl adjacent to an activating group) is 1. The maximum Gasteiger partial charge on any atom is 0.222 e. The predicted octanol–water partition coefficient (Wildman–Crippen LogP) is 1.94. The van der Waals surface area contributed by atoms with Gasteiger partial charge in [-0.1, -0.05) is 24.3 Å². The third-order valence-electron chi connectivity index (χ3n) is 6.22. The van der Waals surface area contributed by atoms with Gasteiger partial charge in [-0.3, -0.25) is 9.69 Å². The van der Waals surface area contributed by atoms with E-state index in [2.05, 4.69) is 35.2 Å². The van der Waals surface area contributed by atoms with Crippen molar-refractivity contribution in [1.82, 2.24) is 24.8 Å². The van der Waals surface area contributed by atoms with Gasteiger partial charge in [0.2, 0.25) is 5.91 Å². The number of hydrogen-bond acceptors (Lipinski definition) is 7. The van der Waals surface area contributed by atoms with Crippen molar-refractivity contribution < 1.29 is 19.4 Å². The van der Waals surface area contributed by atoms with Crippen LogP contribution < -0.4 is 4.74 Å². The van der Waals surface area contributed by atoms with Crippen LogP contribution in [0.3, 0.4) is 0 Å². The fourth-order valence-corrected chi connectivity index (χ4v) is 4.20. The highest BCUT2D eigenvalue weighted by Gasteiger charge is 2.28. The highest BCUT2D eigenvalue weighted by molar-refractivity contribution is 5.76. The molecule has 33 heavy (non-hydrogen) atoms. The van der Waals surface area contributed by atoms with Crippen LogP contribution >= 0.6 is 0 Å². The van der Waals surface area contributed by atoms with Gasteiger partial charge in [-0.25, -0.2) is 4.68 Å². The zero-order valence-corrected chi connectivity index (χ0v) is 20.2. The molecular weight excluding hydrogens is 422 g/mol. The van der Waals surface area contributed by atoms with Crippen molar-refractivity contribution in [3.05, 3.63) is 41.7 Å². The summed E-state index contributed by atoms with van der Waals surface area (Å²) in [5.41, 5.74) is 2.07. The molecule has 3 rings (SSSR count). The number of aryl methyl sites for hydroxylation is 1. The first-order chi connectivity index (χ1) is 15.9. The average Bonchev–Trinajstić information content (AvgIpc) is 3.25. The smallest absolute Gasteiger partial charge is 0.222 e. The van der Waals surface area contributed by atoms with Gasteiger partial charge in [0.1, 0.15) is 5.75 Å². The minimum Gasteiger partial charge on any atom is -0.497 e. The standard InChI is InChI=1S/C24H37N5O4/c1-18-13-28(19(2)16-30)24(31)9-6-10-29-21(12-25-26-29)17-33-23(18)15-27(3)14-20-7-5-8-22(11-20)32-4/h5,7-8,11-12,18-19,23,30H,6,9-10,13-17H2,1-4H3/t18-,19+,23+/m1/s1. The van der Waals surface area contributed by atoms with E-state index in [1.54, 1.807) is 18.2 Å².